The lowest BCUT2D eigenvalue weighted by atomic mass is 10.2. The molecule has 1 saturated heterocycles. The Labute approximate surface area is 123 Å². The molecule has 114 valence electrons. The van der Waals surface area contributed by atoms with Crippen LogP contribution in [0.5, 0.6) is 0 Å². The van der Waals surface area contributed by atoms with Gasteiger partial charge in [0.05, 0.1) is 12.6 Å². The smallest absolute Gasteiger partial charge is 0.255 e. The summed E-state index contributed by atoms with van der Waals surface area (Å²) >= 11 is 0. The first-order chi connectivity index (χ1) is 10.2. The third-order valence-electron chi connectivity index (χ3n) is 3.64. The monoisotopic (exact) mass is 291 g/mol. The summed E-state index contributed by atoms with van der Waals surface area (Å²) in [5, 5.41) is 11.5. The van der Waals surface area contributed by atoms with Crippen molar-refractivity contribution < 1.29 is 9.26 Å². The number of rotatable bonds is 6. The van der Waals surface area contributed by atoms with Crippen molar-refractivity contribution in [3.8, 4) is 0 Å². The van der Waals surface area contributed by atoms with Gasteiger partial charge in [-0.15, -0.1) is 0 Å². The summed E-state index contributed by atoms with van der Waals surface area (Å²) < 4.78 is 13.1. The van der Waals surface area contributed by atoms with Gasteiger partial charge in [-0.2, -0.15) is 10.1 Å². The molecular weight excluding hydrogens is 270 g/mol. The van der Waals surface area contributed by atoms with Gasteiger partial charge < -0.3 is 14.6 Å². The highest BCUT2D eigenvalue weighted by atomic mass is 16.5. The van der Waals surface area contributed by atoms with E-state index in [0.717, 1.165) is 25.9 Å². The second kappa shape index (κ2) is 6.36. The third kappa shape index (κ3) is 3.68. The molecule has 0 bridgehead atoms. The molecule has 0 spiro atoms. The van der Waals surface area contributed by atoms with E-state index in [9.17, 15) is 0 Å². The zero-order chi connectivity index (χ0) is 14.7. The highest BCUT2D eigenvalue weighted by molar-refractivity contribution is 4.92. The number of aromatic nitrogens is 4. The van der Waals surface area contributed by atoms with Gasteiger partial charge in [-0.1, -0.05) is 5.16 Å². The maximum atomic E-state index is 5.97. The van der Waals surface area contributed by atoms with Crippen LogP contribution in [0.15, 0.2) is 23.0 Å². The van der Waals surface area contributed by atoms with Gasteiger partial charge in [0.15, 0.2) is 5.82 Å². The minimum Gasteiger partial charge on any atom is -0.364 e. The average molecular weight is 291 g/mol. The average Bonchev–Trinajstić information content (AvgIpc) is 3.17. The predicted molar refractivity (Wildman–Crippen MR) is 75.6 cm³/mol. The van der Waals surface area contributed by atoms with E-state index in [1.165, 1.54) is 0 Å². The molecule has 1 aliphatic rings. The topological polar surface area (TPSA) is 78.0 Å². The second-order valence-electron chi connectivity index (χ2n) is 5.54. The molecule has 0 radical (unpaired) electrons. The summed E-state index contributed by atoms with van der Waals surface area (Å²) in [4.78, 5) is 4.24. The van der Waals surface area contributed by atoms with Crippen LogP contribution in [0, 0.1) is 6.92 Å². The molecule has 3 atom stereocenters. The summed E-state index contributed by atoms with van der Waals surface area (Å²) in [5.74, 6) is 1.25. The molecule has 0 aromatic carbocycles. The minimum atomic E-state index is -0.0561. The number of aryl methyl sites for hydroxylation is 1. The SMILES string of the molecule is Cc1noc([C@@H]2CC[C@H](CNC(C)Cn3cccn3)O2)n1. The van der Waals surface area contributed by atoms with Crippen molar-refractivity contribution in [1.82, 2.24) is 25.2 Å². The van der Waals surface area contributed by atoms with Crippen LogP contribution in [0.4, 0.5) is 0 Å². The summed E-state index contributed by atoms with van der Waals surface area (Å²) in [6, 6.07) is 2.28. The maximum Gasteiger partial charge on any atom is 0.255 e. The lowest BCUT2D eigenvalue weighted by molar-refractivity contribution is 0.0252. The number of nitrogens with one attached hydrogen (secondary N) is 1. The van der Waals surface area contributed by atoms with Gasteiger partial charge >= 0.3 is 0 Å². The Morgan fingerprint density at radius 2 is 2.38 bits per heavy atom. The van der Waals surface area contributed by atoms with Crippen molar-refractivity contribution in [2.45, 2.75) is 51.5 Å². The van der Waals surface area contributed by atoms with Crippen LogP contribution in [-0.4, -0.2) is 38.6 Å². The quantitative estimate of drug-likeness (QED) is 0.868. The standard InChI is InChI=1S/C14H21N5O2/c1-10(9-19-7-3-6-16-19)15-8-12-4-5-13(20-12)14-17-11(2)18-21-14/h3,6-7,10,12-13,15H,4-5,8-9H2,1-2H3/t10?,12-,13+/m1/s1. The van der Waals surface area contributed by atoms with Crippen molar-refractivity contribution >= 4 is 0 Å². The molecule has 3 rings (SSSR count). The minimum absolute atomic E-state index is 0.0561. The molecule has 1 fully saturated rings. The Bertz CT molecular complexity index is 553. The molecule has 0 amide bonds. The fraction of sp³-hybridized carbons (Fsp3) is 0.643. The lowest BCUT2D eigenvalue weighted by Gasteiger charge is -2.17. The molecule has 3 heterocycles. The first-order valence-corrected chi connectivity index (χ1v) is 7.37. The molecule has 7 heteroatoms. The van der Waals surface area contributed by atoms with Crippen LogP contribution >= 0.6 is 0 Å². The van der Waals surface area contributed by atoms with E-state index < -0.39 is 0 Å². The van der Waals surface area contributed by atoms with Crippen LogP contribution in [0.3, 0.4) is 0 Å². The molecule has 7 nitrogen and oxygen atoms in total. The molecule has 1 N–H and O–H groups in total. The zero-order valence-corrected chi connectivity index (χ0v) is 12.4. The summed E-state index contributed by atoms with van der Waals surface area (Å²) in [5.41, 5.74) is 0. The summed E-state index contributed by atoms with van der Waals surface area (Å²) in [6.45, 7) is 5.64. The molecule has 2 aromatic heterocycles. The van der Waals surface area contributed by atoms with Crippen LogP contribution in [0.1, 0.15) is 37.6 Å². The van der Waals surface area contributed by atoms with E-state index in [0.29, 0.717) is 17.8 Å². The van der Waals surface area contributed by atoms with Crippen LogP contribution in [0.2, 0.25) is 0 Å². The Kier molecular flexibility index (Phi) is 4.31. The van der Waals surface area contributed by atoms with Crippen molar-refractivity contribution in [3.63, 3.8) is 0 Å². The van der Waals surface area contributed by atoms with Gasteiger partial charge in [-0.25, -0.2) is 0 Å². The van der Waals surface area contributed by atoms with E-state index >= 15 is 0 Å². The van der Waals surface area contributed by atoms with E-state index in [-0.39, 0.29) is 12.2 Å². The van der Waals surface area contributed by atoms with Crippen LogP contribution < -0.4 is 5.32 Å². The van der Waals surface area contributed by atoms with E-state index in [4.69, 9.17) is 9.26 Å². The normalized spacial score (nSPS) is 23.5. The number of hydrogen-bond acceptors (Lipinski definition) is 6. The number of ether oxygens (including phenoxy) is 1. The summed E-state index contributed by atoms with van der Waals surface area (Å²) in [6.07, 6.45) is 5.85. The van der Waals surface area contributed by atoms with Crippen molar-refractivity contribution in [3.05, 3.63) is 30.2 Å². The van der Waals surface area contributed by atoms with Crippen LogP contribution in [-0.2, 0) is 11.3 Å². The Morgan fingerprint density at radius 3 is 3.10 bits per heavy atom. The van der Waals surface area contributed by atoms with E-state index in [2.05, 4.69) is 27.5 Å². The molecular formula is C14H21N5O2. The largest absolute Gasteiger partial charge is 0.364 e. The van der Waals surface area contributed by atoms with Crippen molar-refractivity contribution in [2.75, 3.05) is 6.54 Å². The molecule has 1 aliphatic heterocycles. The van der Waals surface area contributed by atoms with Crippen molar-refractivity contribution in [2.24, 2.45) is 0 Å². The predicted octanol–water partition coefficient (Wildman–Crippen LogP) is 1.47. The lowest BCUT2D eigenvalue weighted by Crippen LogP contribution is -2.36. The van der Waals surface area contributed by atoms with Gasteiger partial charge in [-0.05, 0) is 32.8 Å². The third-order valence-corrected chi connectivity index (χ3v) is 3.64. The maximum absolute atomic E-state index is 5.97. The van der Waals surface area contributed by atoms with E-state index in [1.807, 2.05) is 23.9 Å². The van der Waals surface area contributed by atoms with Gasteiger partial charge in [0.25, 0.3) is 5.89 Å². The highest BCUT2D eigenvalue weighted by Gasteiger charge is 2.30. The molecule has 2 aromatic rings. The Balaban J connectivity index is 1.42. The number of hydrogen-bond donors (Lipinski definition) is 1. The second-order valence-corrected chi connectivity index (χ2v) is 5.54. The van der Waals surface area contributed by atoms with Gasteiger partial charge in [-0.3, -0.25) is 4.68 Å². The molecule has 0 saturated carbocycles. The van der Waals surface area contributed by atoms with Crippen LogP contribution in [0.25, 0.3) is 0 Å². The van der Waals surface area contributed by atoms with Gasteiger partial charge in [0.1, 0.15) is 6.10 Å². The highest BCUT2D eigenvalue weighted by Crippen LogP contribution is 2.31. The first kappa shape index (κ1) is 14.2. The zero-order valence-electron chi connectivity index (χ0n) is 12.4. The van der Waals surface area contributed by atoms with Gasteiger partial charge in [0, 0.05) is 25.0 Å². The molecule has 1 unspecified atom stereocenters. The number of nitrogens with zero attached hydrogens (tertiary/aromatic N) is 4. The molecule has 0 aliphatic carbocycles. The first-order valence-electron chi connectivity index (χ1n) is 7.37. The summed E-state index contributed by atoms with van der Waals surface area (Å²) in [7, 11) is 0. The fourth-order valence-corrected chi connectivity index (χ4v) is 2.57. The Hall–Kier alpha value is -1.73. The molecule has 21 heavy (non-hydrogen) atoms. The van der Waals surface area contributed by atoms with E-state index in [1.54, 1.807) is 6.20 Å². The Morgan fingerprint density at radius 1 is 1.48 bits per heavy atom. The van der Waals surface area contributed by atoms with Crippen molar-refractivity contribution in [1.29, 1.82) is 0 Å². The fourth-order valence-electron chi connectivity index (χ4n) is 2.57. The van der Waals surface area contributed by atoms with Gasteiger partial charge in [0.2, 0.25) is 0 Å².